The Morgan fingerprint density at radius 2 is 1.61 bits per heavy atom. The number of phenolic OH excluding ortho intramolecular Hbond substituents is 2. The van der Waals surface area contributed by atoms with Crippen molar-refractivity contribution in [1.82, 2.24) is 0 Å². The second-order valence-electron chi connectivity index (χ2n) is 4.40. The fourth-order valence-corrected chi connectivity index (χ4v) is 2.14. The van der Waals surface area contributed by atoms with Crippen molar-refractivity contribution < 1.29 is 10.2 Å². The van der Waals surface area contributed by atoms with Gasteiger partial charge in [-0.05, 0) is 47.7 Å². The van der Waals surface area contributed by atoms with Gasteiger partial charge in [-0.15, -0.1) is 0 Å². The smallest absolute Gasteiger partial charge is 0.123 e. The molecule has 2 rings (SSSR count). The lowest BCUT2D eigenvalue weighted by Crippen LogP contribution is -1.91. The van der Waals surface area contributed by atoms with Crippen molar-refractivity contribution in [2.45, 2.75) is 26.7 Å². The second kappa shape index (κ2) is 5.13. The molecular weight excluding hydrogens is 224 g/mol. The zero-order valence-electron chi connectivity index (χ0n) is 10.8. The summed E-state index contributed by atoms with van der Waals surface area (Å²) in [6, 6.07) is 10.9. The third-order valence-corrected chi connectivity index (χ3v) is 3.23. The number of hydrogen-bond acceptors (Lipinski definition) is 2. The zero-order valence-corrected chi connectivity index (χ0v) is 10.8. The summed E-state index contributed by atoms with van der Waals surface area (Å²) in [5.74, 6) is 0.377. The van der Waals surface area contributed by atoms with Gasteiger partial charge in [-0.25, -0.2) is 0 Å². The third kappa shape index (κ3) is 2.33. The Bertz CT molecular complexity index is 559. The predicted octanol–water partition coefficient (Wildman–Crippen LogP) is 3.89. The molecule has 0 bridgehead atoms. The molecule has 2 aromatic rings. The molecule has 0 atom stereocenters. The van der Waals surface area contributed by atoms with Gasteiger partial charge in [0.1, 0.15) is 11.5 Å². The van der Waals surface area contributed by atoms with Crippen LogP contribution >= 0.6 is 0 Å². The molecule has 0 aromatic heterocycles. The average Bonchev–Trinajstić information content (AvgIpc) is 2.40. The van der Waals surface area contributed by atoms with Gasteiger partial charge in [-0.3, -0.25) is 0 Å². The van der Waals surface area contributed by atoms with Crippen LogP contribution in [0.2, 0.25) is 0 Å². The molecule has 0 aliphatic heterocycles. The fraction of sp³-hybridized carbons (Fsp3) is 0.250. The summed E-state index contributed by atoms with van der Waals surface area (Å²) in [5.41, 5.74) is 4.10. The maximum Gasteiger partial charge on any atom is 0.123 e. The van der Waals surface area contributed by atoms with E-state index in [0.717, 1.165) is 18.4 Å². The van der Waals surface area contributed by atoms with E-state index < -0.39 is 0 Å². The Morgan fingerprint density at radius 3 is 2.28 bits per heavy atom. The average molecular weight is 242 g/mol. The molecule has 2 N–H and O–H groups in total. The molecule has 18 heavy (non-hydrogen) atoms. The topological polar surface area (TPSA) is 40.5 Å². The Hall–Kier alpha value is -1.96. The molecule has 0 saturated carbocycles. The minimum absolute atomic E-state index is 0.173. The van der Waals surface area contributed by atoms with Crippen molar-refractivity contribution in [1.29, 1.82) is 0 Å². The molecular formula is C16H18O2. The van der Waals surface area contributed by atoms with Gasteiger partial charge in [-0.1, -0.05) is 32.0 Å². The number of rotatable bonds is 3. The minimum atomic E-state index is 0.173. The van der Waals surface area contributed by atoms with Crippen LogP contribution in [0.1, 0.15) is 25.0 Å². The van der Waals surface area contributed by atoms with Crippen LogP contribution in [0.5, 0.6) is 11.5 Å². The van der Waals surface area contributed by atoms with Crippen molar-refractivity contribution in [2.24, 2.45) is 0 Å². The number of hydrogen-bond donors (Lipinski definition) is 2. The highest BCUT2D eigenvalue weighted by atomic mass is 16.3. The minimum Gasteiger partial charge on any atom is -0.508 e. The molecule has 2 nitrogen and oxygen atoms in total. The van der Waals surface area contributed by atoms with Gasteiger partial charge in [-0.2, -0.15) is 0 Å². The Balaban J connectivity index is 2.64. The number of aryl methyl sites for hydroxylation is 2. The molecule has 2 aromatic carbocycles. The molecule has 0 radical (unpaired) electrons. The maximum atomic E-state index is 9.96. The molecule has 0 unspecified atom stereocenters. The SMILES string of the molecule is CCc1ccc(CC)c(-c2cc(O)ccc2O)c1. The van der Waals surface area contributed by atoms with Gasteiger partial charge < -0.3 is 10.2 Å². The van der Waals surface area contributed by atoms with Gasteiger partial charge in [0.15, 0.2) is 0 Å². The van der Waals surface area contributed by atoms with Gasteiger partial charge in [0.25, 0.3) is 0 Å². The Labute approximate surface area is 108 Å². The highest BCUT2D eigenvalue weighted by Crippen LogP contribution is 2.35. The lowest BCUT2D eigenvalue weighted by molar-refractivity contribution is 0.462. The fourth-order valence-electron chi connectivity index (χ4n) is 2.14. The van der Waals surface area contributed by atoms with Crippen molar-refractivity contribution in [2.75, 3.05) is 0 Å². The number of aromatic hydroxyl groups is 2. The number of phenols is 2. The first-order chi connectivity index (χ1) is 8.65. The molecule has 94 valence electrons. The molecule has 2 heteroatoms. The standard InChI is InChI=1S/C16H18O2/c1-3-11-5-6-12(4-2)14(9-11)15-10-13(17)7-8-16(15)18/h5-10,17-18H,3-4H2,1-2H3. The van der Waals surface area contributed by atoms with Crippen LogP contribution in [0, 0.1) is 0 Å². The predicted molar refractivity (Wildman–Crippen MR) is 74.0 cm³/mol. The van der Waals surface area contributed by atoms with E-state index in [0.29, 0.717) is 5.56 Å². The van der Waals surface area contributed by atoms with Crippen molar-refractivity contribution in [3.8, 4) is 22.6 Å². The quantitative estimate of drug-likeness (QED) is 0.802. The van der Waals surface area contributed by atoms with Crippen LogP contribution in [0.15, 0.2) is 36.4 Å². The Morgan fingerprint density at radius 1 is 0.833 bits per heavy atom. The van der Waals surface area contributed by atoms with Crippen molar-refractivity contribution in [3.05, 3.63) is 47.5 Å². The molecule has 0 amide bonds. The molecule has 0 heterocycles. The highest BCUT2D eigenvalue weighted by molar-refractivity contribution is 5.75. The third-order valence-electron chi connectivity index (χ3n) is 3.23. The van der Waals surface area contributed by atoms with E-state index in [9.17, 15) is 10.2 Å². The lowest BCUT2D eigenvalue weighted by atomic mass is 9.94. The first-order valence-corrected chi connectivity index (χ1v) is 6.29. The molecule has 0 aliphatic carbocycles. The monoisotopic (exact) mass is 242 g/mol. The summed E-state index contributed by atoms with van der Waals surface area (Å²) >= 11 is 0. The van der Waals surface area contributed by atoms with E-state index in [1.807, 2.05) is 0 Å². The van der Waals surface area contributed by atoms with Gasteiger partial charge in [0.05, 0.1) is 0 Å². The van der Waals surface area contributed by atoms with Crippen molar-refractivity contribution in [3.63, 3.8) is 0 Å². The maximum absolute atomic E-state index is 9.96. The van der Waals surface area contributed by atoms with E-state index in [2.05, 4.69) is 32.0 Å². The van der Waals surface area contributed by atoms with E-state index in [-0.39, 0.29) is 11.5 Å². The van der Waals surface area contributed by atoms with Crippen LogP contribution < -0.4 is 0 Å². The van der Waals surface area contributed by atoms with E-state index in [4.69, 9.17) is 0 Å². The van der Waals surface area contributed by atoms with Gasteiger partial charge in [0.2, 0.25) is 0 Å². The summed E-state index contributed by atoms with van der Waals surface area (Å²) in [6.07, 6.45) is 1.85. The van der Waals surface area contributed by atoms with E-state index in [1.54, 1.807) is 6.07 Å². The van der Waals surface area contributed by atoms with Crippen LogP contribution in [0.25, 0.3) is 11.1 Å². The van der Waals surface area contributed by atoms with E-state index in [1.165, 1.54) is 23.3 Å². The molecule has 0 spiro atoms. The summed E-state index contributed by atoms with van der Waals surface area (Å²) in [7, 11) is 0. The first kappa shape index (κ1) is 12.5. The molecule has 0 aliphatic rings. The summed E-state index contributed by atoms with van der Waals surface area (Å²) < 4.78 is 0. The van der Waals surface area contributed by atoms with Crippen LogP contribution in [-0.2, 0) is 12.8 Å². The zero-order chi connectivity index (χ0) is 13.1. The lowest BCUT2D eigenvalue weighted by Gasteiger charge is -2.12. The van der Waals surface area contributed by atoms with Gasteiger partial charge in [0, 0.05) is 5.56 Å². The van der Waals surface area contributed by atoms with E-state index >= 15 is 0 Å². The van der Waals surface area contributed by atoms with Gasteiger partial charge >= 0.3 is 0 Å². The molecule has 0 fully saturated rings. The largest absolute Gasteiger partial charge is 0.508 e. The Kier molecular flexibility index (Phi) is 3.56. The number of benzene rings is 2. The first-order valence-electron chi connectivity index (χ1n) is 6.29. The second-order valence-corrected chi connectivity index (χ2v) is 4.40. The highest BCUT2D eigenvalue weighted by Gasteiger charge is 2.10. The summed E-state index contributed by atoms with van der Waals surface area (Å²) in [5, 5.41) is 19.5. The van der Waals surface area contributed by atoms with Crippen LogP contribution in [0.3, 0.4) is 0 Å². The van der Waals surface area contributed by atoms with Crippen LogP contribution in [0.4, 0.5) is 0 Å². The normalized spacial score (nSPS) is 10.6. The van der Waals surface area contributed by atoms with Crippen LogP contribution in [-0.4, -0.2) is 10.2 Å². The summed E-state index contributed by atoms with van der Waals surface area (Å²) in [6.45, 7) is 4.19. The van der Waals surface area contributed by atoms with Crippen molar-refractivity contribution >= 4 is 0 Å². The molecule has 0 saturated heterocycles. The summed E-state index contributed by atoms with van der Waals surface area (Å²) in [4.78, 5) is 0.